The molecule has 8 nitrogen and oxygen atoms in total. The zero-order valence-electron chi connectivity index (χ0n) is 23.3. The van der Waals surface area contributed by atoms with Crippen LogP contribution >= 0.6 is 0 Å². The number of hydrogen-bond acceptors (Lipinski definition) is 8. The smallest absolute Gasteiger partial charge is 0.142 e. The molecule has 2 fully saturated rings. The van der Waals surface area contributed by atoms with E-state index in [-0.39, 0.29) is 12.0 Å². The van der Waals surface area contributed by atoms with Crippen LogP contribution in [-0.4, -0.2) is 84.1 Å². The summed E-state index contributed by atoms with van der Waals surface area (Å²) >= 11 is 0. The van der Waals surface area contributed by atoms with Gasteiger partial charge >= 0.3 is 0 Å². The number of nitrogens with one attached hydrogen (secondary N) is 1. The largest absolute Gasteiger partial charge is 0.490 e. The first-order chi connectivity index (χ1) is 19.2. The zero-order chi connectivity index (χ0) is 27.0. The minimum absolute atomic E-state index is 0.0889. The summed E-state index contributed by atoms with van der Waals surface area (Å²) in [5.74, 6) is 2.12. The molecule has 3 aliphatic rings. The standard InChI is InChI=1S/C31H44N2O6/c1-35-12-3-10-33-11-13-38-29-9-6-23(14-27(29)33)19-39-30-17-32-16-28(34)31(30)24-7-4-22(5-8-24)18-37-21-26-15-25(26)20-36-2/h4-9,14,25-26,28,30-32,34H,3,10-13,15-21H2,1-2H3/t25-,26?,28-,30+,31+/m1/s1. The molecule has 1 saturated carbocycles. The molecule has 2 heterocycles. The van der Waals surface area contributed by atoms with E-state index in [1.54, 1.807) is 14.2 Å². The van der Waals surface area contributed by atoms with Gasteiger partial charge in [-0.3, -0.25) is 0 Å². The molecule has 0 radical (unpaired) electrons. The predicted octanol–water partition coefficient (Wildman–Crippen LogP) is 3.35. The van der Waals surface area contributed by atoms with Gasteiger partial charge in [-0.15, -0.1) is 0 Å². The van der Waals surface area contributed by atoms with Crippen molar-refractivity contribution in [1.82, 2.24) is 5.32 Å². The van der Waals surface area contributed by atoms with E-state index >= 15 is 0 Å². The number of aliphatic hydroxyl groups is 1. The number of anilines is 1. The van der Waals surface area contributed by atoms with E-state index in [0.717, 1.165) is 67.5 Å². The van der Waals surface area contributed by atoms with Gasteiger partial charge in [0.25, 0.3) is 0 Å². The van der Waals surface area contributed by atoms with Crippen LogP contribution in [0.3, 0.4) is 0 Å². The van der Waals surface area contributed by atoms with Gasteiger partial charge in [-0.1, -0.05) is 30.3 Å². The Labute approximate surface area is 232 Å². The summed E-state index contributed by atoms with van der Waals surface area (Å²) in [6.45, 7) is 7.23. The van der Waals surface area contributed by atoms with Gasteiger partial charge < -0.3 is 39.0 Å². The fourth-order valence-electron chi connectivity index (χ4n) is 5.81. The molecule has 2 aromatic carbocycles. The van der Waals surface area contributed by atoms with Crippen LogP contribution in [0.5, 0.6) is 5.75 Å². The lowest BCUT2D eigenvalue weighted by Crippen LogP contribution is -2.49. The summed E-state index contributed by atoms with van der Waals surface area (Å²) in [5.41, 5.74) is 4.47. The lowest BCUT2D eigenvalue weighted by Gasteiger charge is -2.36. The SMILES string of the molecule is COCCCN1CCOc2ccc(CO[C@H]3CNC[C@@H](O)[C@@H]3c3ccc(COCC4C[C@@H]4COC)cc3)cc21. The molecule has 214 valence electrons. The van der Waals surface area contributed by atoms with Crippen LogP contribution in [0.4, 0.5) is 5.69 Å². The van der Waals surface area contributed by atoms with Gasteiger partial charge in [0.15, 0.2) is 0 Å². The van der Waals surface area contributed by atoms with Gasteiger partial charge in [0.05, 0.1) is 44.3 Å². The van der Waals surface area contributed by atoms with Crippen LogP contribution in [0.25, 0.3) is 0 Å². The van der Waals surface area contributed by atoms with Crippen LogP contribution in [0.2, 0.25) is 0 Å². The topological polar surface area (TPSA) is 81.7 Å². The Morgan fingerprint density at radius 1 is 0.974 bits per heavy atom. The third-order valence-electron chi connectivity index (χ3n) is 8.15. The quantitative estimate of drug-likeness (QED) is 0.353. The molecule has 5 rings (SSSR count). The molecule has 8 heteroatoms. The number of benzene rings is 2. The van der Waals surface area contributed by atoms with Crippen molar-refractivity contribution in [2.75, 3.05) is 71.7 Å². The van der Waals surface area contributed by atoms with Gasteiger partial charge in [0.1, 0.15) is 12.4 Å². The van der Waals surface area contributed by atoms with Crippen LogP contribution in [0.15, 0.2) is 42.5 Å². The molecule has 1 aliphatic carbocycles. The minimum Gasteiger partial charge on any atom is -0.490 e. The fourth-order valence-corrected chi connectivity index (χ4v) is 5.81. The third-order valence-corrected chi connectivity index (χ3v) is 8.15. The number of hydrogen-bond donors (Lipinski definition) is 2. The molecule has 1 unspecified atom stereocenters. The van der Waals surface area contributed by atoms with Crippen LogP contribution < -0.4 is 15.0 Å². The average molecular weight is 541 g/mol. The molecule has 0 amide bonds. The highest BCUT2D eigenvalue weighted by Crippen LogP contribution is 2.39. The lowest BCUT2D eigenvalue weighted by atomic mass is 9.85. The van der Waals surface area contributed by atoms with Crippen molar-refractivity contribution in [3.8, 4) is 5.75 Å². The Bertz CT molecular complexity index is 1030. The first kappa shape index (κ1) is 28.3. The van der Waals surface area contributed by atoms with E-state index in [1.807, 2.05) is 6.07 Å². The maximum atomic E-state index is 10.9. The van der Waals surface area contributed by atoms with Gasteiger partial charge in [-0.25, -0.2) is 0 Å². The summed E-state index contributed by atoms with van der Waals surface area (Å²) < 4.78 is 28.8. The minimum atomic E-state index is -0.508. The maximum absolute atomic E-state index is 10.9. The molecule has 2 N–H and O–H groups in total. The van der Waals surface area contributed by atoms with Crippen molar-refractivity contribution >= 4 is 5.69 Å². The van der Waals surface area contributed by atoms with Gasteiger partial charge in [-0.05, 0) is 53.5 Å². The normalized spacial score (nSPS) is 26.2. The number of piperidine rings is 1. The van der Waals surface area contributed by atoms with E-state index < -0.39 is 6.10 Å². The second-order valence-electron chi connectivity index (χ2n) is 11.1. The van der Waals surface area contributed by atoms with Crippen LogP contribution in [0.1, 0.15) is 35.4 Å². The molecule has 0 spiro atoms. The Kier molecular flexibility index (Phi) is 10.1. The Balaban J connectivity index is 1.17. The van der Waals surface area contributed by atoms with E-state index in [9.17, 15) is 5.11 Å². The number of aliphatic hydroxyl groups excluding tert-OH is 1. The Morgan fingerprint density at radius 3 is 2.62 bits per heavy atom. The van der Waals surface area contributed by atoms with Gasteiger partial charge in [-0.2, -0.15) is 0 Å². The second-order valence-corrected chi connectivity index (χ2v) is 11.1. The maximum Gasteiger partial charge on any atom is 0.142 e. The first-order valence-electron chi connectivity index (χ1n) is 14.3. The summed E-state index contributed by atoms with van der Waals surface area (Å²) in [7, 11) is 3.50. The molecule has 2 aliphatic heterocycles. The molecule has 1 saturated heterocycles. The molecule has 0 bridgehead atoms. The van der Waals surface area contributed by atoms with Crippen LogP contribution in [-0.2, 0) is 32.2 Å². The molecule has 5 atom stereocenters. The Hall–Kier alpha value is -2.20. The zero-order valence-corrected chi connectivity index (χ0v) is 23.3. The van der Waals surface area contributed by atoms with Crippen molar-refractivity contribution < 1.29 is 28.8 Å². The molecule has 2 aromatic rings. The highest BCUT2D eigenvalue weighted by Gasteiger charge is 2.37. The number of β-amino-alcohol motifs (C(OH)–C–C–N with tert-alkyl or cyclic N) is 1. The van der Waals surface area contributed by atoms with E-state index in [2.05, 4.69) is 46.6 Å². The predicted molar refractivity (Wildman–Crippen MR) is 150 cm³/mol. The van der Waals surface area contributed by atoms with Gasteiger partial charge in [0.2, 0.25) is 0 Å². The van der Waals surface area contributed by atoms with Crippen molar-refractivity contribution in [2.24, 2.45) is 11.8 Å². The van der Waals surface area contributed by atoms with Gasteiger partial charge in [0, 0.05) is 53.0 Å². The lowest BCUT2D eigenvalue weighted by molar-refractivity contribution is -0.0328. The molecule has 39 heavy (non-hydrogen) atoms. The second kappa shape index (κ2) is 13.9. The van der Waals surface area contributed by atoms with Crippen molar-refractivity contribution in [3.63, 3.8) is 0 Å². The third kappa shape index (κ3) is 7.51. The van der Waals surface area contributed by atoms with Crippen LogP contribution in [0, 0.1) is 11.8 Å². The average Bonchev–Trinajstić information content (AvgIpc) is 3.70. The van der Waals surface area contributed by atoms with Crippen molar-refractivity contribution in [2.45, 2.75) is 44.2 Å². The highest BCUT2D eigenvalue weighted by atomic mass is 16.5. The summed E-state index contributed by atoms with van der Waals surface area (Å²) in [5, 5.41) is 14.3. The summed E-state index contributed by atoms with van der Waals surface area (Å²) in [4.78, 5) is 2.37. The van der Waals surface area contributed by atoms with E-state index in [4.69, 9.17) is 23.7 Å². The molecule has 0 aromatic heterocycles. The number of fused-ring (bicyclic) bond motifs is 1. The monoisotopic (exact) mass is 540 g/mol. The van der Waals surface area contributed by atoms with Crippen molar-refractivity contribution in [1.29, 1.82) is 0 Å². The Morgan fingerprint density at radius 2 is 1.79 bits per heavy atom. The number of rotatable bonds is 14. The number of nitrogens with zero attached hydrogens (tertiary/aromatic N) is 1. The molecular formula is C31H44N2O6. The summed E-state index contributed by atoms with van der Waals surface area (Å²) in [6.07, 6.45) is 1.54. The van der Waals surface area contributed by atoms with E-state index in [0.29, 0.717) is 44.7 Å². The fraction of sp³-hybridized carbons (Fsp3) is 0.613. The molecular weight excluding hydrogens is 496 g/mol. The highest BCUT2D eigenvalue weighted by molar-refractivity contribution is 5.61. The van der Waals surface area contributed by atoms with Crippen molar-refractivity contribution in [3.05, 3.63) is 59.2 Å². The number of methoxy groups -OCH3 is 2. The number of ether oxygens (including phenoxy) is 5. The van der Waals surface area contributed by atoms with E-state index in [1.165, 1.54) is 6.42 Å². The summed E-state index contributed by atoms with van der Waals surface area (Å²) in [6, 6.07) is 14.8. The first-order valence-corrected chi connectivity index (χ1v) is 14.3.